The van der Waals surface area contributed by atoms with Crippen molar-refractivity contribution in [1.29, 1.82) is 0 Å². The Morgan fingerprint density at radius 1 is 0.746 bits per heavy atom. The van der Waals surface area contributed by atoms with Crippen molar-refractivity contribution in [2.24, 2.45) is 11.8 Å². The molecule has 2 rings (SSSR count). The second-order valence-electron chi connectivity index (χ2n) is 15.1. The number of hydrogen-bond donors (Lipinski definition) is 8. The highest BCUT2D eigenvalue weighted by molar-refractivity contribution is 8.21. The molecule has 6 unspecified atom stereocenters. The summed E-state index contributed by atoms with van der Waals surface area (Å²) < 4.78 is -0.523. The lowest BCUT2D eigenvalue weighted by Gasteiger charge is -2.33. The van der Waals surface area contributed by atoms with Gasteiger partial charge in [-0.3, -0.25) is 47.9 Å². The number of carbonyl (C=O) groups excluding carboxylic acids is 8. The molecule has 2 heterocycles. The predicted octanol–water partition coefficient (Wildman–Crippen LogP) is -0.0795. The fourth-order valence-corrected chi connectivity index (χ4v) is 9.82. The summed E-state index contributed by atoms with van der Waals surface area (Å²) in [5, 5.41) is 33.6. The zero-order valence-corrected chi connectivity index (χ0v) is 36.1. The van der Waals surface area contributed by atoms with Crippen LogP contribution in [0.3, 0.4) is 0 Å². The number of likely N-dealkylation sites (tertiary alicyclic amines) is 1. The maximum absolute atomic E-state index is 14.5. The predicted molar refractivity (Wildman–Crippen MR) is 220 cm³/mol. The number of ketones is 1. The van der Waals surface area contributed by atoms with E-state index >= 15 is 0 Å². The Bertz CT molecular complexity index is 1600. The van der Waals surface area contributed by atoms with Gasteiger partial charge in [0, 0.05) is 50.8 Å². The average Bonchev–Trinajstić information content (AvgIpc) is 3.79. The number of carboxylic acids is 2. The molecular weight excluding hydrogens is 811 g/mol. The SMILES string of the molecule is C=CCNC(=O)C(=O)C(CCC)NC(=O)C1CC2(CN1C(=O)C(NC(=O)C(NC(=O)C(CCC(=O)O)NC(=O)C(CCC(=O)O)NC(C)=O)C(C)C)C(C)C)SCCS2. The van der Waals surface area contributed by atoms with Crippen molar-refractivity contribution < 1.29 is 58.2 Å². The van der Waals surface area contributed by atoms with Crippen LogP contribution < -0.4 is 31.9 Å². The van der Waals surface area contributed by atoms with Crippen LogP contribution in [0.5, 0.6) is 0 Å². The van der Waals surface area contributed by atoms with E-state index in [1.807, 2.05) is 0 Å². The van der Waals surface area contributed by atoms with Gasteiger partial charge in [-0.15, -0.1) is 30.1 Å². The van der Waals surface area contributed by atoms with E-state index in [1.165, 1.54) is 11.0 Å². The Balaban J connectivity index is 2.36. The summed E-state index contributed by atoms with van der Waals surface area (Å²) in [7, 11) is 0. The lowest BCUT2D eigenvalue weighted by atomic mass is 9.98. The number of thioether (sulfide) groups is 2. The number of Topliss-reactive ketones (excluding diaryl/α,β-unsaturated/α-hetero) is 1. The van der Waals surface area contributed by atoms with Gasteiger partial charge in [-0.2, -0.15) is 0 Å². The van der Waals surface area contributed by atoms with Gasteiger partial charge in [0.15, 0.2) is 0 Å². The van der Waals surface area contributed by atoms with Crippen molar-refractivity contribution in [3.8, 4) is 0 Å². The Morgan fingerprint density at radius 3 is 1.76 bits per heavy atom. The van der Waals surface area contributed by atoms with Gasteiger partial charge >= 0.3 is 11.9 Å². The van der Waals surface area contributed by atoms with Crippen LogP contribution in [0.1, 0.15) is 86.5 Å². The van der Waals surface area contributed by atoms with Crippen LogP contribution in [0.25, 0.3) is 0 Å². The van der Waals surface area contributed by atoms with Gasteiger partial charge in [-0.1, -0.05) is 47.1 Å². The molecule has 21 heteroatoms. The minimum absolute atomic E-state index is 0.0568. The van der Waals surface area contributed by atoms with Gasteiger partial charge in [-0.25, -0.2) is 0 Å². The largest absolute Gasteiger partial charge is 0.481 e. The molecule has 2 fully saturated rings. The number of carbonyl (C=O) groups is 10. The van der Waals surface area contributed by atoms with Crippen LogP contribution in [0.4, 0.5) is 0 Å². The Labute approximate surface area is 352 Å². The molecule has 1 spiro atoms. The minimum atomic E-state index is -1.52. The van der Waals surface area contributed by atoms with Crippen LogP contribution in [0, 0.1) is 11.8 Å². The normalized spacial score (nSPS) is 18.2. The summed E-state index contributed by atoms with van der Waals surface area (Å²) in [6.07, 6.45) is 0.511. The van der Waals surface area contributed by atoms with E-state index in [0.717, 1.165) is 18.4 Å². The molecular formula is C38H59N7O12S2. The molecule has 2 aliphatic rings. The number of nitrogens with zero attached hydrogens (tertiary/aromatic N) is 1. The molecule has 59 heavy (non-hydrogen) atoms. The van der Waals surface area contributed by atoms with E-state index in [9.17, 15) is 53.1 Å². The highest BCUT2D eigenvalue weighted by atomic mass is 32.2. The van der Waals surface area contributed by atoms with Crippen molar-refractivity contribution in [1.82, 2.24) is 36.8 Å². The second kappa shape index (κ2) is 23.8. The maximum atomic E-state index is 14.5. The number of nitrogens with one attached hydrogen (secondary N) is 6. The van der Waals surface area contributed by atoms with Crippen LogP contribution in [0.2, 0.25) is 0 Å². The van der Waals surface area contributed by atoms with E-state index in [-0.39, 0.29) is 32.4 Å². The minimum Gasteiger partial charge on any atom is -0.481 e. The molecule has 2 aliphatic heterocycles. The third kappa shape index (κ3) is 15.5. The zero-order chi connectivity index (χ0) is 44.6. The number of amides is 7. The van der Waals surface area contributed by atoms with Crippen molar-refractivity contribution in [2.75, 3.05) is 24.6 Å². The Hall–Kier alpha value is -4.66. The number of rotatable bonds is 24. The van der Waals surface area contributed by atoms with E-state index in [1.54, 1.807) is 58.1 Å². The monoisotopic (exact) mass is 869 g/mol. The van der Waals surface area contributed by atoms with Crippen LogP contribution in [-0.2, 0) is 47.9 Å². The summed E-state index contributed by atoms with van der Waals surface area (Å²) >= 11 is 3.23. The summed E-state index contributed by atoms with van der Waals surface area (Å²) in [6, 6.07) is -7.57. The lowest BCUT2D eigenvalue weighted by Crippen LogP contribution is -2.61. The van der Waals surface area contributed by atoms with Crippen LogP contribution in [0.15, 0.2) is 12.7 Å². The van der Waals surface area contributed by atoms with Crippen LogP contribution >= 0.6 is 23.5 Å². The van der Waals surface area contributed by atoms with E-state index in [4.69, 9.17) is 5.11 Å². The molecule has 0 aromatic carbocycles. The average molecular weight is 870 g/mol. The standard InChI is InChI=1S/C38H59N7O12S2/c1-8-10-23(31(51)36(56)39-15-9-2)41-34(54)26-18-38(58-16-17-59-38)19-45(26)37(57)30(21(5)6)44-35(55)29(20(3)4)43-33(53)25(12-14-28(49)50)42-32(52)24(40-22(7)46)11-13-27(47)48/h9,20-21,23-26,29-30H,2,8,10-19H2,1,3-7H3,(H,39,56)(H,40,46)(H,41,54)(H,42,52)(H,43,53)(H,44,55)(H,47,48)(H,49,50). The van der Waals surface area contributed by atoms with Gasteiger partial charge in [0.2, 0.25) is 41.2 Å². The van der Waals surface area contributed by atoms with Gasteiger partial charge in [-0.05, 0) is 31.1 Å². The zero-order valence-electron chi connectivity index (χ0n) is 34.4. The molecule has 0 aromatic heterocycles. The summed E-state index contributed by atoms with van der Waals surface area (Å²) in [4.78, 5) is 131. The summed E-state index contributed by atoms with van der Waals surface area (Å²) in [6.45, 7) is 13.3. The molecule has 7 amide bonds. The molecule has 330 valence electrons. The van der Waals surface area contributed by atoms with Gasteiger partial charge in [0.25, 0.3) is 5.91 Å². The first-order valence-electron chi connectivity index (χ1n) is 19.6. The molecule has 0 bridgehead atoms. The third-order valence-electron chi connectivity index (χ3n) is 9.63. The molecule has 0 saturated carbocycles. The molecule has 0 radical (unpaired) electrons. The number of aliphatic carboxylic acids is 2. The molecule has 19 nitrogen and oxygen atoms in total. The number of hydrogen-bond acceptors (Lipinski definition) is 12. The highest BCUT2D eigenvalue weighted by Crippen LogP contribution is 2.52. The topological polar surface area (TPSA) is 287 Å². The Kier molecular flexibility index (Phi) is 20.4. The van der Waals surface area contributed by atoms with Crippen molar-refractivity contribution in [3.05, 3.63) is 12.7 Å². The first kappa shape index (κ1) is 50.5. The molecule has 0 aromatic rings. The van der Waals surface area contributed by atoms with E-state index < -0.39 is 131 Å². The molecule has 8 N–H and O–H groups in total. The lowest BCUT2D eigenvalue weighted by molar-refractivity contribution is -0.144. The second-order valence-corrected chi connectivity index (χ2v) is 18.4. The quantitative estimate of drug-likeness (QED) is 0.0466. The van der Waals surface area contributed by atoms with Gasteiger partial charge < -0.3 is 47.0 Å². The highest BCUT2D eigenvalue weighted by Gasteiger charge is 2.53. The van der Waals surface area contributed by atoms with Crippen molar-refractivity contribution in [2.45, 2.75) is 127 Å². The first-order chi connectivity index (χ1) is 27.7. The smallest absolute Gasteiger partial charge is 0.303 e. The molecule has 2 saturated heterocycles. The fourth-order valence-electron chi connectivity index (χ4n) is 6.56. The van der Waals surface area contributed by atoms with Gasteiger partial charge in [0.1, 0.15) is 30.2 Å². The van der Waals surface area contributed by atoms with E-state index in [0.29, 0.717) is 6.42 Å². The van der Waals surface area contributed by atoms with Gasteiger partial charge in [0.05, 0.1) is 10.1 Å². The Morgan fingerprint density at radius 2 is 1.27 bits per heavy atom. The molecule has 6 atom stereocenters. The molecule has 0 aliphatic carbocycles. The summed E-state index contributed by atoms with van der Waals surface area (Å²) in [5.74, 6) is -8.30. The van der Waals surface area contributed by atoms with E-state index in [2.05, 4.69) is 38.5 Å². The third-order valence-corrected chi connectivity index (χ3v) is 13.1. The number of carboxylic acid groups (broad SMARTS) is 2. The first-order valence-corrected chi connectivity index (χ1v) is 21.6. The summed E-state index contributed by atoms with van der Waals surface area (Å²) in [5.41, 5.74) is 0. The van der Waals surface area contributed by atoms with Crippen molar-refractivity contribution >= 4 is 82.6 Å². The maximum Gasteiger partial charge on any atom is 0.303 e. The van der Waals surface area contributed by atoms with Crippen molar-refractivity contribution in [3.63, 3.8) is 0 Å². The van der Waals surface area contributed by atoms with Crippen LogP contribution in [-0.4, -0.2) is 139 Å². The fraction of sp³-hybridized carbons (Fsp3) is 0.684.